The van der Waals surface area contributed by atoms with Crippen molar-refractivity contribution in [3.05, 3.63) is 41.2 Å². The fourth-order valence-corrected chi connectivity index (χ4v) is 3.50. The van der Waals surface area contributed by atoms with Gasteiger partial charge in [0.1, 0.15) is 6.07 Å². The Hall–Kier alpha value is -2.26. The third-order valence-electron chi connectivity index (χ3n) is 5.36. The average Bonchev–Trinajstić information content (AvgIpc) is 3.28. The van der Waals surface area contributed by atoms with E-state index in [1.165, 1.54) is 24.8 Å². The third kappa shape index (κ3) is 3.12. The number of imidazole rings is 1. The Morgan fingerprint density at radius 1 is 1.31 bits per heavy atom. The molecular weight excluding hydrogens is 342 g/mol. The van der Waals surface area contributed by atoms with E-state index in [0.29, 0.717) is 11.5 Å². The maximum Gasteiger partial charge on any atom is 0.252 e. The van der Waals surface area contributed by atoms with E-state index in [1.54, 1.807) is 4.52 Å². The van der Waals surface area contributed by atoms with Gasteiger partial charge in [-0.2, -0.15) is 27.9 Å². The van der Waals surface area contributed by atoms with E-state index in [4.69, 9.17) is 12.6 Å². The summed E-state index contributed by atoms with van der Waals surface area (Å²) in [6.45, 7) is 4.04. The standard InChI is InChI=1S/C20H23N5S/c1-3-20(2,26)17-16(12-21)22-19-23-18(24-25(17)19)15-10-8-14(9-11-15)7-6-13-4-5-13/h8-11,13,26H,3-7H2,1-2H3,(H,22,23,24). The van der Waals surface area contributed by atoms with Gasteiger partial charge in [-0.15, -0.1) is 0 Å². The van der Waals surface area contributed by atoms with Crippen LogP contribution in [0.15, 0.2) is 24.3 Å². The molecule has 0 spiro atoms. The minimum Gasteiger partial charge on any atom is -0.274 e. The van der Waals surface area contributed by atoms with Crippen molar-refractivity contribution in [2.24, 2.45) is 5.92 Å². The first-order valence-corrected chi connectivity index (χ1v) is 9.67. The number of H-pyrrole nitrogens is 1. The van der Waals surface area contributed by atoms with E-state index in [1.807, 2.05) is 13.8 Å². The number of rotatable bonds is 6. The van der Waals surface area contributed by atoms with Crippen molar-refractivity contribution in [1.29, 1.82) is 5.26 Å². The molecule has 1 aliphatic rings. The molecule has 1 unspecified atom stereocenters. The van der Waals surface area contributed by atoms with Crippen LogP contribution in [0, 0.1) is 17.2 Å². The quantitative estimate of drug-likeness (QED) is 0.632. The maximum absolute atomic E-state index is 9.41. The highest BCUT2D eigenvalue weighted by Gasteiger charge is 2.30. The van der Waals surface area contributed by atoms with Crippen LogP contribution in [0.4, 0.5) is 0 Å². The summed E-state index contributed by atoms with van der Waals surface area (Å²) in [6, 6.07) is 10.7. The Bertz CT molecular complexity index is 970. The van der Waals surface area contributed by atoms with Gasteiger partial charge in [0.15, 0.2) is 11.5 Å². The van der Waals surface area contributed by atoms with Gasteiger partial charge in [0.25, 0.3) is 5.78 Å². The number of nitrogens with one attached hydrogen (secondary N) is 1. The Balaban J connectivity index is 1.66. The van der Waals surface area contributed by atoms with Crippen molar-refractivity contribution >= 4 is 18.4 Å². The van der Waals surface area contributed by atoms with Gasteiger partial charge in [-0.3, -0.25) is 5.10 Å². The largest absolute Gasteiger partial charge is 0.274 e. The summed E-state index contributed by atoms with van der Waals surface area (Å²) in [6.07, 6.45) is 6.03. The molecule has 1 atom stereocenters. The summed E-state index contributed by atoms with van der Waals surface area (Å²) < 4.78 is 1.34. The van der Waals surface area contributed by atoms with Gasteiger partial charge in [0, 0.05) is 5.56 Å². The molecule has 0 aliphatic heterocycles. The molecule has 6 heteroatoms. The smallest absolute Gasteiger partial charge is 0.252 e. The zero-order valence-corrected chi connectivity index (χ0v) is 16.1. The Morgan fingerprint density at radius 2 is 2.04 bits per heavy atom. The second-order valence-electron chi connectivity index (χ2n) is 7.43. The van der Waals surface area contributed by atoms with Gasteiger partial charge in [0.05, 0.1) is 10.4 Å². The lowest BCUT2D eigenvalue weighted by Crippen LogP contribution is -2.17. The van der Waals surface area contributed by atoms with Gasteiger partial charge in [-0.1, -0.05) is 44.0 Å². The van der Waals surface area contributed by atoms with Crippen LogP contribution in [-0.2, 0) is 11.2 Å². The number of nitrogens with zero attached hydrogens (tertiary/aromatic N) is 4. The number of thiol groups is 1. The van der Waals surface area contributed by atoms with Crippen LogP contribution in [0.25, 0.3) is 17.2 Å². The fourth-order valence-electron chi connectivity index (χ4n) is 3.30. The highest BCUT2D eigenvalue weighted by atomic mass is 32.1. The van der Waals surface area contributed by atoms with Crippen molar-refractivity contribution < 1.29 is 0 Å². The minimum atomic E-state index is -0.457. The Morgan fingerprint density at radius 3 is 2.65 bits per heavy atom. The molecule has 0 radical (unpaired) electrons. The van der Waals surface area contributed by atoms with Crippen molar-refractivity contribution in [1.82, 2.24) is 19.6 Å². The summed E-state index contributed by atoms with van der Waals surface area (Å²) in [5.41, 5.74) is 3.54. The van der Waals surface area contributed by atoms with Crippen molar-refractivity contribution in [2.75, 3.05) is 0 Å². The van der Waals surface area contributed by atoms with Crippen LogP contribution in [0.2, 0.25) is 0 Å². The first kappa shape index (κ1) is 17.2. The predicted octanol–water partition coefficient (Wildman–Crippen LogP) is 4.49. The molecule has 4 rings (SSSR count). The van der Waals surface area contributed by atoms with E-state index in [2.05, 4.69) is 45.4 Å². The first-order chi connectivity index (χ1) is 12.5. The van der Waals surface area contributed by atoms with Gasteiger partial charge >= 0.3 is 0 Å². The molecule has 134 valence electrons. The number of aromatic amines is 1. The molecule has 0 amide bonds. The highest BCUT2D eigenvalue weighted by molar-refractivity contribution is 7.81. The minimum absolute atomic E-state index is 0.380. The summed E-state index contributed by atoms with van der Waals surface area (Å²) >= 11 is 4.74. The molecule has 26 heavy (non-hydrogen) atoms. The Kier molecular flexibility index (Phi) is 4.28. The van der Waals surface area contributed by atoms with Gasteiger partial charge in [0.2, 0.25) is 0 Å². The monoisotopic (exact) mass is 365 g/mol. The number of aryl methyl sites for hydroxylation is 1. The van der Waals surface area contributed by atoms with Crippen LogP contribution >= 0.6 is 12.6 Å². The molecule has 1 N–H and O–H groups in total. The number of hydrogen-bond acceptors (Lipinski definition) is 4. The second kappa shape index (κ2) is 6.48. The second-order valence-corrected chi connectivity index (χ2v) is 8.42. The van der Waals surface area contributed by atoms with Crippen LogP contribution < -0.4 is 0 Å². The molecule has 5 nitrogen and oxygen atoms in total. The lowest BCUT2D eigenvalue weighted by molar-refractivity contribution is 0.626. The average molecular weight is 366 g/mol. The summed E-state index contributed by atoms with van der Waals surface area (Å²) in [5.74, 6) is 2.22. The number of aromatic nitrogens is 4. The molecule has 1 fully saturated rings. The highest BCUT2D eigenvalue weighted by Crippen LogP contribution is 2.35. The molecule has 1 aliphatic carbocycles. The van der Waals surface area contributed by atoms with Gasteiger partial charge in [-0.25, -0.2) is 4.52 Å². The predicted molar refractivity (Wildman–Crippen MR) is 105 cm³/mol. The summed E-state index contributed by atoms with van der Waals surface area (Å²) in [5, 5.41) is 12.7. The van der Waals surface area contributed by atoms with E-state index >= 15 is 0 Å². The number of hydrogen-bond donors (Lipinski definition) is 2. The van der Waals surface area contributed by atoms with Crippen molar-refractivity contribution in [3.63, 3.8) is 0 Å². The third-order valence-corrected chi connectivity index (χ3v) is 5.89. The number of nitriles is 1. The molecule has 2 aromatic heterocycles. The van der Waals surface area contributed by atoms with Gasteiger partial charge in [-0.05, 0) is 37.7 Å². The molecular formula is C20H23N5S. The topological polar surface area (TPSA) is 69.8 Å². The first-order valence-electron chi connectivity index (χ1n) is 9.22. The van der Waals surface area contributed by atoms with Crippen LogP contribution in [-0.4, -0.2) is 19.6 Å². The maximum atomic E-state index is 9.41. The van der Waals surface area contributed by atoms with E-state index in [0.717, 1.165) is 35.8 Å². The number of fused-ring (bicyclic) bond motifs is 1. The molecule has 0 saturated heterocycles. The van der Waals surface area contributed by atoms with Crippen molar-refractivity contribution in [2.45, 2.75) is 50.7 Å². The molecule has 2 heterocycles. The molecule has 1 aromatic carbocycles. The van der Waals surface area contributed by atoms with Crippen LogP contribution in [0.3, 0.4) is 0 Å². The SMILES string of the molecule is CCC(C)(S)c1c(C#N)nc2nc(-c3ccc(CCC4CC4)cc3)[nH]n12. The van der Waals surface area contributed by atoms with E-state index in [9.17, 15) is 5.26 Å². The molecule has 1 saturated carbocycles. The lowest BCUT2D eigenvalue weighted by atomic mass is 10.0. The fraction of sp³-hybridized carbons (Fsp3) is 0.450. The van der Waals surface area contributed by atoms with E-state index < -0.39 is 4.75 Å². The Labute approximate surface area is 158 Å². The normalized spacial score (nSPS) is 16.5. The lowest BCUT2D eigenvalue weighted by Gasteiger charge is -2.20. The van der Waals surface area contributed by atoms with Crippen molar-refractivity contribution in [3.8, 4) is 17.5 Å². The van der Waals surface area contributed by atoms with E-state index in [-0.39, 0.29) is 0 Å². The molecule has 3 aromatic rings. The zero-order chi connectivity index (χ0) is 18.3. The summed E-state index contributed by atoms with van der Waals surface area (Å²) in [4.78, 5) is 8.96. The summed E-state index contributed by atoms with van der Waals surface area (Å²) in [7, 11) is 0. The van der Waals surface area contributed by atoms with Gasteiger partial charge < -0.3 is 0 Å². The number of benzene rings is 1. The van der Waals surface area contributed by atoms with Crippen LogP contribution in [0.1, 0.15) is 56.5 Å². The van der Waals surface area contributed by atoms with Crippen LogP contribution in [0.5, 0.6) is 0 Å². The zero-order valence-electron chi connectivity index (χ0n) is 15.2. The molecule has 0 bridgehead atoms.